The van der Waals surface area contributed by atoms with Crippen molar-refractivity contribution in [2.45, 2.75) is 0 Å². The van der Waals surface area contributed by atoms with Gasteiger partial charge in [0.2, 0.25) is 5.91 Å². The van der Waals surface area contributed by atoms with Crippen molar-refractivity contribution in [3.63, 3.8) is 0 Å². The van der Waals surface area contributed by atoms with Crippen LogP contribution in [-0.2, 0) is 4.79 Å². The largest absolute Gasteiger partial charge is 0.360 e. The lowest BCUT2D eigenvalue weighted by Crippen LogP contribution is -2.47. The lowest BCUT2D eigenvalue weighted by molar-refractivity contribution is -0.120. The van der Waals surface area contributed by atoms with Gasteiger partial charge in [-0.1, -0.05) is 11.6 Å². The summed E-state index contributed by atoms with van der Waals surface area (Å²) in [6.07, 6.45) is 0. The van der Waals surface area contributed by atoms with E-state index in [1.54, 1.807) is 12.1 Å². The highest BCUT2D eigenvalue weighted by Crippen LogP contribution is 2.20. The molecule has 2 aromatic carbocycles. The Bertz CT molecular complexity index is 780. The van der Waals surface area contributed by atoms with Crippen LogP contribution in [0.3, 0.4) is 0 Å². The molecule has 24 heavy (non-hydrogen) atoms. The summed E-state index contributed by atoms with van der Waals surface area (Å²) in [6, 6.07) is 11.0. The van der Waals surface area contributed by atoms with Crippen molar-refractivity contribution in [1.29, 1.82) is 0 Å². The van der Waals surface area contributed by atoms with Gasteiger partial charge < -0.3 is 15.5 Å². The molecule has 5 nitrogen and oxygen atoms in total. The van der Waals surface area contributed by atoms with Crippen LogP contribution in [0.1, 0.15) is 10.4 Å². The first kappa shape index (κ1) is 16.3. The Kier molecular flexibility index (Phi) is 4.66. The number of benzene rings is 2. The molecule has 3 rings (SSSR count). The van der Waals surface area contributed by atoms with Gasteiger partial charge in [0.15, 0.2) is 0 Å². The molecule has 7 heteroatoms. The molecule has 0 atom stereocenters. The molecule has 1 saturated heterocycles. The summed E-state index contributed by atoms with van der Waals surface area (Å²) in [5, 5.41) is 5.40. The van der Waals surface area contributed by atoms with Crippen molar-refractivity contribution in [1.82, 2.24) is 5.32 Å². The van der Waals surface area contributed by atoms with Crippen molar-refractivity contribution in [3.05, 3.63) is 58.9 Å². The molecule has 0 aromatic heterocycles. The lowest BCUT2D eigenvalue weighted by Gasteiger charge is -2.28. The minimum absolute atomic E-state index is 0.00758. The second kappa shape index (κ2) is 6.88. The van der Waals surface area contributed by atoms with Crippen LogP contribution >= 0.6 is 11.6 Å². The number of halogens is 2. The molecule has 124 valence electrons. The van der Waals surface area contributed by atoms with Crippen LogP contribution in [0.5, 0.6) is 0 Å². The van der Waals surface area contributed by atoms with Gasteiger partial charge in [-0.15, -0.1) is 0 Å². The second-order valence-corrected chi connectivity index (χ2v) is 5.81. The van der Waals surface area contributed by atoms with Crippen LogP contribution in [-0.4, -0.2) is 31.4 Å². The molecule has 0 radical (unpaired) electrons. The van der Waals surface area contributed by atoms with E-state index in [1.165, 1.54) is 12.1 Å². The molecule has 0 spiro atoms. The second-order valence-electron chi connectivity index (χ2n) is 5.40. The predicted molar refractivity (Wildman–Crippen MR) is 91.0 cm³/mol. The molecular formula is C17H15ClFN3O2. The molecule has 0 unspecified atom stereocenters. The maximum Gasteiger partial charge on any atom is 0.255 e. The number of amides is 2. The smallest absolute Gasteiger partial charge is 0.255 e. The molecular weight excluding hydrogens is 333 g/mol. The van der Waals surface area contributed by atoms with E-state index in [0.29, 0.717) is 18.8 Å². The quantitative estimate of drug-likeness (QED) is 0.897. The molecule has 1 fully saturated rings. The minimum Gasteiger partial charge on any atom is -0.360 e. The van der Waals surface area contributed by atoms with Crippen molar-refractivity contribution in [2.24, 2.45) is 0 Å². The Labute approximate surface area is 143 Å². The van der Waals surface area contributed by atoms with E-state index in [4.69, 9.17) is 11.6 Å². The number of carbonyl (C=O) groups is 2. The van der Waals surface area contributed by atoms with Crippen LogP contribution in [0.25, 0.3) is 0 Å². The summed E-state index contributed by atoms with van der Waals surface area (Å²) in [5.74, 6) is -0.947. The van der Waals surface area contributed by atoms with E-state index in [0.717, 1.165) is 18.3 Å². The molecule has 1 aliphatic heterocycles. The SMILES string of the molecule is O=C1CN(c2ccc(NC(=O)c3ccc(F)c(Cl)c3)cc2)CCN1. The van der Waals surface area contributed by atoms with Gasteiger partial charge in [-0.2, -0.15) is 0 Å². The highest BCUT2D eigenvalue weighted by atomic mass is 35.5. The van der Waals surface area contributed by atoms with Crippen molar-refractivity contribution < 1.29 is 14.0 Å². The van der Waals surface area contributed by atoms with Crippen LogP contribution < -0.4 is 15.5 Å². The molecule has 0 saturated carbocycles. The summed E-state index contributed by atoms with van der Waals surface area (Å²) in [5.41, 5.74) is 1.79. The number of anilines is 2. The Morgan fingerprint density at radius 3 is 2.62 bits per heavy atom. The fourth-order valence-electron chi connectivity index (χ4n) is 2.46. The molecule has 2 N–H and O–H groups in total. The fraction of sp³-hybridized carbons (Fsp3) is 0.176. The number of nitrogens with zero attached hydrogens (tertiary/aromatic N) is 1. The third kappa shape index (κ3) is 3.65. The zero-order chi connectivity index (χ0) is 17.1. The first-order valence-corrected chi connectivity index (χ1v) is 7.79. The number of hydrogen-bond acceptors (Lipinski definition) is 3. The van der Waals surface area contributed by atoms with E-state index in [2.05, 4.69) is 10.6 Å². The van der Waals surface area contributed by atoms with Gasteiger partial charge in [-0.05, 0) is 42.5 Å². The van der Waals surface area contributed by atoms with Crippen LogP contribution in [0, 0.1) is 5.82 Å². The summed E-state index contributed by atoms with van der Waals surface area (Å²) in [6.45, 7) is 1.67. The van der Waals surface area contributed by atoms with Crippen LogP contribution in [0.4, 0.5) is 15.8 Å². The minimum atomic E-state index is -0.567. The number of piperazine rings is 1. The average molecular weight is 348 g/mol. The van der Waals surface area contributed by atoms with Gasteiger partial charge in [0.25, 0.3) is 5.91 Å². The van der Waals surface area contributed by atoms with Gasteiger partial charge >= 0.3 is 0 Å². The maximum absolute atomic E-state index is 13.1. The Morgan fingerprint density at radius 2 is 1.96 bits per heavy atom. The summed E-state index contributed by atoms with van der Waals surface area (Å²) < 4.78 is 13.1. The zero-order valence-electron chi connectivity index (χ0n) is 12.7. The summed E-state index contributed by atoms with van der Waals surface area (Å²) >= 11 is 5.69. The first-order valence-electron chi connectivity index (χ1n) is 7.41. The topological polar surface area (TPSA) is 61.4 Å². The third-order valence-electron chi connectivity index (χ3n) is 3.71. The van der Waals surface area contributed by atoms with Crippen molar-refractivity contribution in [3.8, 4) is 0 Å². The molecule has 1 aliphatic rings. The van der Waals surface area contributed by atoms with Gasteiger partial charge in [0, 0.05) is 30.0 Å². The molecule has 2 aromatic rings. The Morgan fingerprint density at radius 1 is 1.21 bits per heavy atom. The average Bonchev–Trinajstić information content (AvgIpc) is 2.58. The fourth-order valence-corrected chi connectivity index (χ4v) is 2.64. The lowest BCUT2D eigenvalue weighted by atomic mass is 10.2. The van der Waals surface area contributed by atoms with Gasteiger partial charge in [-0.25, -0.2) is 4.39 Å². The highest BCUT2D eigenvalue weighted by Gasteiger charge is 2.16. The van der Waals surface area contributed by atoms with Crippen LogP contribution in [0.2, 0.25) is 5.02 Å². The molecule has 2 amide bonds. The third-order valence-corrected chi connectivity index (χ3v) is 4.00. The number of hydrogen-bond donors (Lipinski definition) is 2. The van der Waals surface area contributed by atoms with E-state index < -0.39 is 5.82 Å². The van der Waals surface area contributed by atoms with Crippen molar-refractivity contribution in [2.75, 3.05) is 29.9 Å². The Balaban J connectivity index is 1.68. The predicted octanol–water partition coefficient (Wildman–Crippen LogP) is 2.67. The van der Waals surface area contributed by atoms with E-state index in [-0.39, 0.29) is 22.4 Å². The molecule has 1 heterocycles. The van der Waals surface area contributed by atoms with Gasteiger partial charge in [0.1, 0.15) is 5.82 Å². The molecule has 0 aliphatic carbocycles. The molecule has 0 bridgehead atoms. The number of rotatable bonds is 3. The monoisotopic (exact) mass is 347 g/mol. The summed E-state index contributed by atoms with van der Waals surface area (Å²) in [4.78, 5) is 25.5. The van der Waals surface area contributed by atoms with Gasteiger partial charge in [0.05, 0.1) is 11.6 Å². The van der Waals surface area contributed by atoms with E-state index >= 15 is 0 Å². The van der Waals surface area contributed by atoms with Gasteiger partial charge in [-0.3, -0.25) is 9.59 Å². The first-order chi connectivity index (χ1) is 11.5. The summed E-state index contributed by atoms with van der Waals surface area (Å²) in [7, 11) is 0. The Hall–Kier alpha value is -2.60. The van der Waals surface area contributed by atoms with E-state index in [9.17, 15) is 14.0 Å². The zero-order valence-corrected chi connectivity index (χ0v) is 13.4. The van der Waals surface area contributed by atoms with Crippen molar-refractivity contribution >= 4 is 34.8 Å². The van der Waals surface area contributed by atoms with Crippen LogP contribution in [0.15, 0.2) is 42.5 Å². The highest BCUT2D eigenvalue weighted by molar-refractivity contribution is 6.31. The number of carbonyl (C=O) groups excluding carboxylic acids is 2. The standard InChI is InChI=1S/C17H15ClFN3O2/c18-14-9-11(1-6-15(14)19)17(24)21-12-2-4-13(5-3-12)22-8-7-20-16(23)10-22/h1-6,9H,7-8,10H2,(H,20,23)(H,21,24). The number of nitrogens with one attached hydrogen (secondary N) is 2. The normalized spacial score (nSPS) is 14.2. The van der Waals surface area contributed by atoms with E-state index in [1.807, 2.05) is 17.0 Å². The maximum atomic E-state index is 13.1.